The van der Waals surface area contributed by atoms with E-state index in [2.05, 4.69) is 19.2 Å². The van der Waals surface area contributed by atoms with Gasteiger partial charge >= 0.3 is 0 Å². The molecule has 0 aromatic heterocycles. The van der Waals surface area contributed by atoms with Crippen molar-refractivity contribution >= 4 is 5.91 Å². The molecule has 1 heterocycles. The molecule has 1 N–H and O–H groups in total. The number of hydrogen-bond acceptors (Lipinski definition) is 1. The van der Waals surface area contributed by atoms with Crippen molar-refractivity contribution in [2.75, 3.05) is 6.54 Å². The predicted molar refractivity (Wildman–Crippen MR) is 54.5 cm³/mol. The monoisotopic (exact) mass is 183 g/mol. The lowest BCUT2D eigenvalue weighted by molar-refractivity contribution is -0.121. The molecule has 1 aliphatic rings. The number of rotatable bonds is 2. The molecule has 0 aromatic rings. The fraction of sp³-hybridized carbons (Fsp3) is 0.909. The van der Waals surface area contributed by atoms with Crippen LogP contribution in [0.3, 0.4) is 0 Å². The van der Waals surface area contributed by atoms with Gasteiger partial charge in [0.1, 0.15) is 0 Å². The van der Waals surface area contributed by atoms with Crippen LogP contribution in [0.1, 0.15) is 52.4 Å². The second-order valence-corrected chi connectivity index (χ2v) is 4.51. The predicted octanol–water partition coefficient (Wildman–Crippen LogP) is 2.48. The van der Waals surface area contributed by atoms with E-state index in [1.54, 1.807) is 0 Å². The van der Waals surface area contributed by atoms with Gasteiger partial charge < -0.3 is 5.32 Å². The summed E-state index contributed by atoms with van der Waals surface area (Å²) in [6.45, 7) is 5.46. The molecule has 13 heavy (non-hydrogen) atoms. The molecule has 2 heteroatoms. The first-order valence-electron chi connectivity index (χ1n) is 5.43. The first kappa shape index (κ1) is 10.6. The van der Waals surface area contributed by atoms with Crippen LogP contribution in [0.25, 0.3) is 0 Å². The van der Waals surface area contributed by atoms with Gasteiger partial charge in [-0.1, -0.05) is 20.3 Å². The number of amides is 1. The van der Waals surface area contributed by atoms with E-state index in [-0.39, 0.29) is 5.91 Å². The Morgan fingerprint density at radius 2 is 2.23 bits per heavy atom. The largest absolute Gasteiger partial charge is 0.356 e. The molecule has 0 aromatic carbocycles. The van der Waals surface area contributed by atoms with E-state index in [0.717, 1.165) is 25.8 Å². The van der Waals surface area contributed by atoms with Crippen LogP contribution in [0.15, 0.2) is 0 Å². The normalized spacial score (nSPS) is 30.5. The zero-order chi connectivity index (χ0) is 9.73. The van der Waals surface area contributed by atoms with Crippen LogP contribution < -0.4 is 5.32 Å². The van der Waals surface area contributed by atoms with E-state index in [1.807, 2.05) is 0 Å². The average molecular weight is 183 g/mol. The molecule has 1 saturated heterocycles. The van der Waals surface area contributed by atoms with Crippen LogP contribution >= 0.6 is 0 Å². The molecule has 0 spiro atoms. The number of carbonyl (C=O) groups is 1. The summed E-state index contributed by atoms with van der Waals surface area (Å²) in [5.74, 6) is 0.235. The topological polar surface area (TPSA) is 29.1 Å². The van der Waals surface area contributed by atoms with Crippen molar-refractivity contribution in [3.8, 4) is 0 Å². The molecular formula is C11H21NO. The summed E-state index contributed by atoms with van der Waals surface area (Å²) in [4.78, 5) is 11.1. The summed E-state index contributed by atoms with van der Waals surface area (Å²) in [5, 5.41) is 2.96. The van der Waals surface area contributed by atoms with Crippen molar-refractivity contribution in [2.24, 2.45) is 5.41 Å². The first-order valence-corrected chi connectivity index (χ1v) is 5.43. The highest BCUT2D eigenvalue weighted by Gasteiger charge is 2.24. The standard InChI is InChI=1S/C11H21NO/c1-3-6-11(2)7-4-5-10(13)12-9-8-11/h3-9H2,1-2H3,(H,12,13). The minimum atomic E-state index is 0.235. The van der Waals surface area contributed by atoms with Gasteiger partial charge in [-0.2, -0.15) is 0 Å². The Hall–Kier alpha value is -0.530. The van der Waals surface area contributed by atoms with Crippen molar-refractivity contribution < 1.29 is 4.79 Å². The van der Waals surface area contributed by atoms with Crippen molar-refractivity contribution in [3.63, 3.8) is 0 Å². The molecule has 0 bridgehead atoms. The molecular weight excluding hydrogens is 162 g/mol. The maximum atomic E-state index is 11.1. The van der Waals surface area contributed by atoms with E-state index in [9.17, 15) is 4.79 Å². The van der Waals surface area contributed by atoms with E-state index in [1.165, 1.54) is 19.3 Å². The lowest BCUT2D eigenvalue weighted by Gasteiger charge is -2.31. The summed E-state index contributed by atoms with van der Waals surface area (Å²) in [7, 11) is 0. The lowest BCUT2D eigenvalue weighted by atomic mass is 9.77. The highest BCUT2D eigenvalue weighted by Crippen LogP contribution is 2.33. The molecule has 1 unspecified atom stereocenters. The number of nitrogens with one attached hydrogen (secondary N) is 1. The number of carbonyl (C=O) groups excluding carboxylic acids is 1. The summed E-state index contributed by atoms with van der Waals surface area (Å²) in [6, 6.07) is 0. The second-order valence-electron chi connectivity index (χ2n) is 4.51. The van der Waals surface area contributed by atoms with E-state index in [0.29, 0.717) is 5.41 Å². The van der Waals surface area contributed by atoms with Crippen molar-refractivity contribution in [3.05, 3.63) is 0 Å². The van der Waals surface area contributed by atoms with Gasteiger partial charge in [0, 0.05) is 13.0 Å². The van der Waals surface area contributed by atoms with Crippen LogP contribution in [0.4, 0.5) is 0 Å². The molecule has 1 amide bonds. The fourth-order valence-corrected chi connectivity index (χ4v) is 2.25. The van der Waals surface area contributed by atoms with Crippen molar-refractivity contribution in [2.45, 2.75) is 52.4 Å². The van der Waals surface area contributed by atoms with Crippen molar-refractivity contribution in [1.82, 2.24) is 5.32 Å². The van der Waals surface area contributed by atoms with Crippen LogP contribution in [-0.2, 0) is 4.79 Å². The van der Waals surface area contributed by atoms with Gasteiger partial charge in [0.25, 0.3) is 0 Å². The van der Waals surface area contributed by atoms with Gasteiger partial charge in [-0.05, 0) is 31.1 Å². The van der Waals surface area contributed by atoms with Crippen LogP contribution in [0.2, 0.25) is 0 Å². The zero-order valence-electron chi connectivity index (χ0n) is 8.86. The SMILES string of the molecule is CCCC1(C)CCCC(=O)NCC1. The van der Waals surface area contributed by atoms with Gasteiger partial charge in [-0.25, -0.2) is 0 Å². The van der Waals surface area contributed by atoms with Gasteiger partial charge in [0.15, 0.2) is 0 Å². The van der Waals surface area contributed by atoms with Crippen LogP contribution in [0.5, 0.6) is 0 Å². The number of hydrogen-bond donors (Lipinski definition) is 1. The minimum absolute atomic E-state index is 0.235. The van der Waals surface area contributed by atoms with Gasteiger partial charge in [-0.15, -0.1) is 0 Å². The molecule has 0 aliphatic carbocycles. The lowest BCUT2D eigenvalue weighted by Crippen LogP contribution is -2.32. The Morgan fingerprint density at radius 1 is 1.46 bits per heavy atom. The van der Waals surface area contributed by atoms with E-state index < -0.39 is 0 Å². The molecule has 1 aliphatic heterocycles. The van der Waals surface area contributed by atoms with Crippen molar-refractivity contribution in [1.29, 1.82) is 0 Å². The molecule has 0 saturated carbocycles. The average Bonchev–Trinajstić information content (AvgIpc) is 2.02. The second kappa shape index (κ2) is 4.64. The summed E-state index contributed by atoms with van der Waals surface area (Å²) >= 11 is 0. The van der Waals surface area contributed by atoms with E-state index >= 15 is 0 Å². The zero-order valence-corrected chi connectivity index (χ0v) is 8.86. The highest BCUT2D eigenvalue weighted by atomic mass is 16.1. The van der Waals surface area contributed by atoms with Crippen LogP contribution in [0, 0.1) is 5.41 Å². The molecule has 1 fully saturated rings. The summed E-state index contributed by atoms with van der Waals surface area (Å²) in [5.41, 5.74) is 0.475. The third-order valence-corrected chi connectivity index (χ3v) is 3.09. The minimum Gasteiger partial charge on any atom is -0.356 e. The Bertz CT molecular complexity index is 165. The van der Waals surface area contributed by atoms with Gasteiger partial charge in [0.05, 0.1) is 0 Å². The smallest absolute Gasteiger partial charge is 0.219 e. The Kier molecular flexibility index (Phi) is 3.76. The van der Waals surface area contributed by atoms with E-state index in [4.69, 9.17) is 0 Å². The van der Waals surface area contributed by atoms with Gasteiger partial charge in [0.2, 0.25) is 5.91 Å². The molecule has 2 nitrogen and oxygen atoms in total. The first-order chi connectivity index (χ1) is 6.16. The Balaban J connectivity index is 2.44. The Labute approximate surface area is 81.1 Å². The van der Waals surface area contributed by atoms with Gasteiger partial charge in [-0.3, -0.25) is 4.79 Å². The summed E-state index contributed by atoms with van der Waals surface area (Å²) < 4.78 is 0. The maximum Gasteiger partial charge on any atom is 0.219 e. The van der Waals surface area contributed by atoms with Crippen LogP contribution in [-0.4, -0.2) is 12.5 Å². The molecule has 1 atom stereocenters. The molecule has 1 rings (SSSR count). The molecule has 76 valence electrons. The fourth-order valence-electron chi connectivity index (χ4n) is 2.25. The molecule has 0 radical (unpaired) electrons. The third-order valence-electron chi connectivity index (χ3n) is 3.09. The third kappa shape index (κ3) is 3.37. The highest BCUT2D eigenvalue weighted by molar-refractivity contribution is 5.75. The maximum absolute atomic E-state index is 11.1. The Morgan fingerprint density at radius 3 is 2.92 bits per heavy atom. The quantitative estimate of drug-likeness (QED) is 0.700. The summed E-state index contributed by atoms with van der Waals surface area (Å²) in [6.07, 6.45) is 6.69.